The maximum atomic E-state index is 5.96. The highest BCUT2D eigenvalue weighted by Gasteiger charge is 2.13. The number of halogens is 4. The summed E-state index contributed by atoms with van der Waals surface area (Å²) in [5, 5.41) is 1.70. The second kappa shape index (κ2) is 5.64. The van der Waals surface area contributed by atoms with Gasteiger partial charge in [-0.3, -0.25) is 0 Å². The van der Waals surface area contributed by atoms with E-state index in [4.69, 9.17) is 23.2 Å². The largest absolute Gasteiger partial charge is 0.221 e. The average molecular weight is 363 g/mol. The summed E-state index contributed by atoms with van der Waals surface area (Å²) in [5.74, 6) is 0.591. The summed E-state index contributed by atoms with van der Waals surface area (Å²) in [7, 11) is 0. The molecule has 0 aliphatic rings. The topological polar surface area (TPSA) is 25.8 Å². The van der Waals surface area contributed by atoms with E-state index in [1.54, 1.807) is 6.92 Å². The molecule has 14 heavy (non-hydrogen) atoms. The van der Waals surface area contributed by atoms with Gasteiger partial charge in [-0.25, -0.2) is 9.97 Å². The molecule has 0 bridgehead atoms. The van der Waals surface area contributed by atoms with Gasteiger partial charge in [-0.1, -0.05) is 55.1 Å². The Hall–Kier alpha value is 0.620. The lowest BCUT2D eigenvalue weighted by atomic mass is 10.2. The summed E-state index contributed by atoms with van der Waals surface area (Å²) in [5.41, 5.74) is 0.792. The quantitative estimate of drug-likeness (QED) is 0.604. The van der Waals surface area contributed by atoms with Gasteiger partial charge in [0.25, 0.3) is 0 Å². The molecule has 0 spiro atoms. The van der Waals surface area contributed by atoms with Gasteiger partial charge in [0, 0.05) is 15.7 Å². The van der Waals surface area contributed by atoms with Gasteiger partial charge in [0.1, 0.15) is 16.1 Å². The van der Waals surface area contributed by atoms with Crippen LogP contribution in [-0.4, -0.2) is 20.1 Å². The highest BCUT2D eigenvalue weighted by Crippen LogP contribution is 2.24. The Bertz CT molecular complexity index is 310. The third-order valence-electron chi connectivity index (χ3n) is 1.61. The Labute approximate surface area is 110 Å². The van der Waals surface area contributed by atoms with E-state index in [9.17, 15) is 0 Å². The maximum Gasteiger partial charge on any atom is 0.137 e. The van der Waals surface area contributed by atoms with E-state index < -0.39 is 0 Å². The van der Waals surface area contributed by atoms with Crippen LogP contribution < -0.4 is 0 Å². The maximum absolute atomic E-state index is 5.96. The number of aromatic nitrogens is 2. The summed E-state index contributed by atoms with van der Waals surface area (Å²) < 4.78 is 0. The van der Waals surface area contributed by atoms with E-state index >= 15 is 0 Å². The summed E-state index contributed by atoms with van der Waals surface area (Å²) in [6, 6.07) is 0. The van der Waals surface area contributed by atoms with E-state index in [0.717, 1.165) is 10.9 Å². The molecule has 1 atom stereocenters. The summed E-state index contributed by atoms with van der Waals surface area (Å²) in [4.78, 5) is 8.39. The SMILES string of the molecule is Cc1nc(Cl)c(C[C@H](Br)CBr)c(Cl)n1. The minimum atomic E-state index is 0.281. The molecule has 6 heteroatoms. The Kier molecular flexibility index (Phi) is 5.11. The Balaban J connectivity index is 2.96. The van der Waals surface area contributed by atoms with Gasteiger partial charge in [-0.2, -0.15) is 0 Å². The van der Waals surface area contributed by atoms with Crippen LogP contribution in [0.15, 0.2) is 0 Å². The van der Waals surface area contributed by atoms with Gasteiger partial charge in [0.15, 0.2) is 0 Å². The van der Waals surface area contributed by atoms with Crippen molar-refractivity contribution in [2.45, 2.75) is 18.2 Å². The van der Waals surface area contributed by atoms with Crippen LogP contribution in [0.4, 0.5) is 0 Å². The monoisotopic (exact) mass is 360 g/mol. The van der Waals surface area contributed by atoms with E-state index in [2.05, 4.69) is 41.8 Å². The molecule has 0 saturated carbocycles. The lowest BCUT2D eigenvalue weighted by molar-refractivity contribution is 0.928. The lowest BCUT2D eigenvalue weighted by Crippen LogP contribution is -2.07. The smallest absolute Gasteiger partial charge is 0.137 e. The van der Waals surface area contributed by atoms with Crippen molar-refractivity contribution in [3.8, 4) is 0 Å². The highest BCUT2D eigenvalue weighted by atomic mass is 79.9. The summed E-state index contributed by atoms with van der Waals surface area (Å²) >= 11 is 18.8. The van der Waals surface area contributed by atoms with Crippen molar-refractivity contribution in [2.24, 2.45) is 0 Å². The standard InChI is InChI=1S/C8H8Br2Cl2N2/c1-4-13-7(11)6(8(12)14-4)2-5(10)3-9/h5H,2-3H2,1H3/t5-/m0/s1. The van der Waals surface area contributed by atoms with Crippen LogP contribution in [0.5, 0.6) is 0 Å². The Morgan fingerprint density at radius 2 is 1.79 bits per heavy atom. The first-order chi connectivity index (χ1) is 6.54. The fourth-order valence-electron chi connectivity index (χ4n) is 0.974. The number of aryl methyl sites for hydroxylation is 1. The molecule has 0 unspecified atom stereocenters. The predicted octanol–water partition coefficient (Wildman–Crippen LogP) is 3.79. The third kappa shape index (κ3) is 3.33. The normalized spacial score (nSPS) is 12.9. The van der Waals surface area contributed by atoms with E-state index in [1.807, 2.05) is 0 Å². The number of hydrogen-bond donors (Lipinski definition) is 0. The Morgan fingerprint density at radius 1 is 1.29 bits per heavy atom. The van der Waals surface area contributed by atoms with Crippen molar-refractivity contribution in [3.63, 3.8) is 0 Å². The van der Waals surface area contributed by atoms with Crippen LogP contribution in [0.3, 0.4) is 0 Å². The van der Waals surface area contributed by atoms with Crippen molar-refractivity contribution in [3.05, 3.63) is 21.7 Å². The molecule has 0 aliphatic heterocycles. The first-order valence-corrected chi connectivity index (χ1v) is 6.72. The summed E-state index contributed by atoms with van der Waals surface area (Å²) in [6.07, 6.45) is 0.712. The first-order valence-electron chi connectivity index (χ1n) is 3.93. The van der Waals surface area contributed by atoms with Gasteiger partial charge in [0.2, 0.25) is 0 Å². The van der Waals surface area contributed by atoms with Crippen LogP contribution in [-0.2, 0) is 6.42 Å². The molecule has 1 rings (SSSR count). The van der Waals surface area contributed by atoms with Crippen LogP contribution in [0, 0.1) is 6.92 Å². The summed E-state index contributed by atoms with van der Waals surface area (Å²) in [6.45, 7) is 1.76. The van der Waals surface area contributed by atoms with Crippen LogP contribution >= 0.6 is 55.1 Å². The van der Waals surface area contributed by atoms with Crippen molar-refractivity contribution >= 4 is 55.1 Å². The van der Waals surface area contributed by atoms with Gasteiger partial charge in [-0.05, 0) is 13.3 Å². The molecule has 78 valence electrons. The molecule has 1 aromatic rings. The van der Waals surface area contributed by atoms with Crippen molar-refractivity contribution < 1.29 is 0 Å². The molecule has 0 fully saturated rings. The van der Waals surface area contributed by atoms with Crippen LogP contribution in [0.25, 0.3) is 0 Å². The van der Waals surface area contributed by atoms with Crippen LogP contribution in [0.2, 0.25) is 10.3 Å². The molecular formula is C8H8Br2Cl2N2. The van der Waals surface area contributed by atoms with Gasteiger partial charge in [-0.15, -0.1) is 0 Å². The zero-order valence-corrected chi connectivity index (χ0v) is 12.1. The van der Waals surface area contributed by atoms with Crippen molar-refractivity contribution in [1.29, 1.82) is 0 Å². The number of hydrogen-bond acceptors (Lipinski definition) is 2. The first kappa shape index (κ1) is 12.7. The fraction of sp³-hybridized carbons (Fsp3) is 0.500. The van der Waals surface area contributed by atoms with Gasteiger partial charge >= 0.3 is 0 Å². The second-order valence-corrected chi connectivity index (χ2v) is 5.45. The minimum absolute atomic E-state index is 0.281. The van der Waals surface area contributed by atoms with Crippen molar-refractivity contribution in [1.82, 2.24) is 9.97 Å². The minimum Gasteiger partial charge on any atom is -0.221 e. The third-order valence-corrected chi connectivity index (χ3v) is 4.53. The molecule has 0 aromatic carbocycles. The molecule has 2 nitrogen and oxygen atoms in total. The Morgan fingerprint density at radius 3 is 2.21 bits per heavy atom. The lowest BCUT2D eigenvalue weighted by Gasteiger charge is -2.09. The molecule has 0 radical (unpaired) electrons. The van der Waals surface area contributed by atoms with E-state index in [1.165, 1.54) is 0 Å². The number of alkyl halides is 2. The fourth-order valence-corrected chi connectivity index (χ4v) is 2.15. The van der Waals surface area contributed by atoms with E-state index in [0.29, 0.717) is 22.6 Å². The predicted molar refractivity (Wildman–Crippen MR) is 67.0 cm³/mol. The van der Waals surface area contributed by atoms with Crippen molar-refractivity contribution in [2.75, 3.05) is 5.33 Å². The number of rotatable bonds is 3. The number of nitrogens with zero attached hydrogens (tertiary/aromatic N) is 2. The zero-order valence-electron chi connectivity index (χ0n) is 7.40. The molecule has 1 aromatic heterocycles. The zero-order chi connectivity index (χ0) is 10.7. The molecule has 0 amide bonds. The van der Waals surface area contributed by atoms with Gasteiger partial charge in [0.05, 0.1) is 0 Å². The average Bonchev–Trinajstić information content (AvgIpc) is 2.10. The molecule has 0 aliphatic carbocycles. The van der Waals surface area contributed by atoms with Crippen LogP contribution in [0.1, 0.15) is 11.4 Å². The molecule has 0 saturated heterocycles. The molecule has 0 N–H and O–H groups in total. The molecular weight excluding hydrogens is 355 g/mol. The van der Waals surface area contributed by atoms with Gasteiger partial charge < -0.3 is 0 Å². The van der Waals surface area contributed by atoms with E-state index in [-0.39, 0.29) is 4.83 Å². The highest BCUT2D eigenvalue weighted by molar-refractivity contribution is 9.12. The second-order valence-electron chi connectivity index (χ2n) is 2.79. The molecule has 1 heterocycles.